The van der Waals surface area contributed by atoms with Crippen LogP contribution in [0.25, 0.3) is 0 Å². The number of nitriles is 1. The minimum absolute atomic E-state index is 0.206. The van der Waals surface area contributed by atoms with Gasteiger partial charge in [0.2, 0.25) is 0 Å². The smallest absolute Gasteiger partial charge is 0.184 e. The van der Waals surface area contributed by atoms with Crippen LogP contribution in [-0.2, 0) is 9.47 Å². The summed E-state index contributed by atoms with van der Waals surface area (Å²) in [5.74, 6) is 5.32. The van der Waals surface area contributed by atoms with Crippen LogP contribution >= 0.6 is 0 Å². The number of aliphatic hydroxyl groups excluding tert-OH is 1. The summed E-state index contributed by atoms with van der Waals surface area (Å²) < 4.78 is 10.7. The number of benzene rings is 1. The first kappa shape index (κ1) is 11.6. The fraction of sp³-hybridized carbons (Fsp3) is 0.308. The Labute approximate surface area is 99.4 Å². The average molecular weight is 229 g/mol. The highest BCUT2D eigenvalue weighted by molar-refractivity contribution is 5.45. The highest BCUT2D eigenvalue weighted by Gasteiger charge is 2.19. The zero-order valence-electron chi connectivity index (χ0n) is 9.14. The normalized spacial score (nSPS) is 15.1. The van der Waals surface area contributed by atoms with Gasteiger partial charge in [-0.15, -0.1) is 0 Å². The van der Waals surface area contributed by atoms with E-state index in [4.69, 9.17) is 19.8 Å². The van der Waals surface area contributed by atoms with Gasteiger partial charge in [-0.2, -0.15) is 5.26 Å². The lowest BCUT2D eigenvalue weighted by molar-refractivity contribution is -0.0441. The second kappa shape index (κ2) is 5.47. The van der Waals surface area contributed by atoms with Gasteiger partial charge in [0.05, 0.1) is 24.8 Å². The molecule has 2 rings (SSSR count). The van der Waals surface area contributed by atoms with Gasteiger partial charge in [0.15, 0.2) is 6.29 Å². The molecule has 17 heavy (non-hydrogen) atoms. The van der Waals surface area contributed by atoms with Crippen LogP contribution in [0.4, 0.5) is 0 Å². The molecular formula is C13H11NO3. The average Bonchev–Trinajstić information content (AvgIpc) is 2.89. The molecule has 1 aromatic rings. The molecule has 1 N–H and O–H groups in total. The lowest BCUT2D eigenvalue weighted by Crippen LogP contribution is -1.99. The molecule has 0 saturated carbocycles. The van der Waals surface area contributed by atoms with Crippen LogP contribution in [0.3, 0.4) is 0 Å². The minimum atomic E-state index is -0.419. The molecule has 1 saturated heterocycles. The molecule has 1 aromatic carbocycles. The Kier molecular flexibility index (Phi) is 3.74. The molecule has 0 spiro atoms. The number of rotatable bonds is 1. The molecule has 4 heteroatoms. The Bertz CT molecular complexity index is 502. The van der Waals surface area contributed by atoms with Crippen molar-refractivity contribution in [1.82, 2.24) is 0 Å². The molecule has 0 aliphatic carbocycles. The lowest BCUT2D eigenvalue weighted by Gasteiger charge is -2.09. The highest BCUT2D eigenvalue weighted by atomic mass is 16.7. The van der Waals surface area contributed by atoms with Crippen molar-refractivity contribution in [1.29, 1.82) is 5.26 Å². The second-order valence-electron chi connectivity index (χ2n) is 3.49. The molecule has 0 atom stereocenters. The predicted molar refractivity (Wildman–Crippen MR) is 59.8 cm³/mol. The van der Waals surface area contributed by atoms with Gasteiger partial charge in [-0.3, -0.25) is 0 Å². The standard InChI is InChI=1S/C13H11NO3/c14-9-11-6-10(2-1-3-15)7-12(8-11)13-16-4-5-17-13/h6-8,13,15H,3-5H2. The second-order valence-corrected chi connectivity index (χ2v) is 3.49. The van der Waals surface area contributed by atoms with Gasteiger partial charge >= 0.3 is 0 Å². The van der Waals surface area contributed by atoms with Crippen molar-refractivity contribution in [2.24, 2.45) is 0 Å². The summed E-state index contributed by atoms with van der Waals surface area (Å²) in [5.41, 5.74) is 1.96. The summed E-state index contributed by atoms with van der Waals surface area (Å²) in [6, 6.07) is 7.26. The Morgan fingerprint density at radius 2 is 1.94 bits per heavy atom. The minimum Gasteiger partial charge on any atom is -0.384 e. The summed E-state index contributed by atoms with van der Waals surface area (Å²) in [5, 5.41) is 17.6. The van der Waals surface area contributed by atoms with E-state index in [1.807, 2.05) is 0 Å². The van der Waals surface area contributed by atoms with Crippen molar-refractivity contribution < 1.29 is 14.6 Å². The van der Waals surface area contributed by atoms with Crippen LogP contribution < -0.4 is 0 Å². The van der Waals surface area contributed by atoms with Crippen LogP contribution in [-0.4, -0.2) is 24.9 Å². The van der Waals surface area contributed by atoms with E-state index in [0.29, 0.717) is 24.3 Å². The Morgan fingerprint density at radius 1 is 1.24 bits per heavy atom. The SMILES string of the molecule is N#Cc1cc(C#CCO)cc(C2OCCO2)c1. The number of ether oxygens (including phenoxy) is 2. The van der Waals surface area contributed by atoms with Crippen LogP contribution in [0.2, 0.25) is 0 Å². The molecular weight excluding hydrogens is 218 g/mol. The fourth-order valence-corrected chi connectivity index (χ4v) is 1.62. The molecule has 0 amide bonds. The molecule has 0 bridgehead atoms. The van der Waals surface area contributed by atoms with E-state index in [9.17, 15) is 0 Å². The van der Waals surface area contributed by atoms with Gasteiger partial charge in [0.25, 0.3) is 0 Å². The van der Waals surface area contributed by atoms with E-state index in [2.05, 4.69) is 17.9 Å². The van der Waals surface area contributed by atoms with Gasteiger partial charge < -0.3 is 14.6 Å². The predicted octanol–water partition coefficient (Wildman–Crippen LogP) is 0.947. The van der Waals surface area contributed by atoms with Crippen molar-refractivity contribution >= 4 is 0 Å². The number of hydrogen-bond donors (Lipinski definition) is 1. The van der Waals surface area contributed by atoms with Crippen molar-refractivity contribution in [3.8, 4) is 17.9 Å². The van der Waals surface area contributed by atoms with Crippen LogP contribution in [0.5, 0.6) is 0 Å². The molecule has 0 aromatic heterocycles. The van der Waals surface area contributed by atoms with Crippen molar-refractivity contribution in [3.05, 3.63) is 34.9 Å². The molecule has 1 heterocycles. The number of nitrogens with zero attached hydrogens (tertiary/aromatic N) is 1. The maximum absolute atomic E-state index is 8.93. The van der Waals surface area contributed by atoms with E-state index < -0.39 is 6.29 Å². The van der Waals surface area contributed by atoms with E-state index in [1.54, 1.807) is 18.2 Å². The van der Waals surface area contributed by atoms with E-state index in [-0.39, 0.29) is 6.61 Å². The summed E-state index contributed by atoms with van der Waals surface area (Å²) >= 11 is 0. The monoisotopic (exact) mass is 229 g/mol. The van der Waals surface area contributed by atoms with Crippen LogP contribution in [0, 0.1) is 23.2 Å². The lowest BCUT2D eigenvalue weighted by atomic mass is 10.1. The zero-order valence-corrected chi connectivity index (χ0v) is 9.14. The third kappa shape index (κ3) is 2.83. The van der Waals surface area contributed by atoms with Crippen molar-refractivity contribution in [3.63, 3.8) is 0 Å². The van der Waals surface area contributed by atoms with Gasteiger partial charge in [-0.25, -0.2) is 0 Å². The largest absolute Gasteiger partial charge is 0.384 e. The summed E-state index contributed by atoms with van der Waals surface area (Å²) in [6.45, 7) is 0.904. The first-order valence-electron chi connectivity index (χ1n) is 5.21. The Balaban J connectivity index is 2.35. The molecule has 1 fully saturated rings. The molecule has 4 nitrogen and oxygen atoms in total. The molecule has 86 valence electrons. The molecule has 0 radical (unpaired) electrons. The molecule has 1 aliphatic rings. The quantitative estimate of drug-likeness (QED) is 0.728. The molecule has 1 aliphatic heterocycles. The van der Waals surface area contributed by atoms with Gasteiger partial charge in [-0.05, 0) is 18.2 Å². The number of hydrogen-bond acceptors (Lipinski definition) is 4. The van der Waals surface area contributed by atoms with E-state index >= 15 is 0 Å². The van der Waals surface area contributed by atoms with E-state index in [1.165, 1.54) is 0 Å². The first-order valence-corrected chi connectivity index (χ1v) is 5.21. The van der Waals surface area contributed by atoms with Gasteiger partial charge in [0.1, 0.15) is 6.61 Å². The van der Waals surface area contributed by atoms with Gasteiger partial charge in [-0.1, -0.05) is 11.8 Å². The molecule has 0 unspecified atom stereocenters. The van der Waals surface area contributed by atoms with Crippen molar-refractivity contribution in [2.75, 3.05) is 19.8 Å². The summed E-state index contributed by atoms with van der Waals surface area (Å²) in [4.78, 5) is 0. The van der Waals surface area contributed by atoms with Crippen molar-refractivity contribution in [2.45, 2.75) is 6.29 Å². The maximum atomic E-state index is 8.93. The summed E-state index contributed by atoms with van der Waals surface area (Å²) in [7, 11) is 0. The Hall–Kier alpha value is -1.85. The van der Waals surface area contributed by atoms with Gasteiger partial charge in [0, 0.05) is 11.1 Å². The first-order chi connectivity index (χ1) is 8.33. The summed E-state index contributed by atoms with van der Waals surface area (Å²) in [6.07, 6.45) is -0.419. The topological polar surface area (TPSA) is 62.5 Å². The fourth-order valence-electron chi connectivity index (χ4n) is 1.62. The maximum Gasteiger partial charge on any atom is 0.184 e. The highest BCUT2D eigenvalue weighted by Crippen LogP contribution is 2.24. The zero-order chi connectivity index (χ0) is 12.1. The third-order valence-corrected chi connectivity index (χ3v) is 2.29. The van der Waals surface area contributed by atoms with Crippen LogP contribution in [0.1, 0.15) is 23.0 Å². The number of aliphatic hydroxyl groups is 1. The van der Waals surface area contributed by atoms with E-state index in [0.717, 1.165) is 5.56 Å². The Morgan fingerprint density at radius 3 is 2.59 bits per heavy atom. The third-order valence-electron chi connectivity index (χ3n) is 2.29. The van der Waals surface area contributed by atoms with Crippen LogP contribution in [0.15, 0.2) is 18.2 Å².